The van der Waals surface area contributed by atoms with Crippen molar-refractivity contribution >= 4 is 6.03 Å². The maximum absolute atomic E-state index is 13.1. The lowest BCUT2D eigenvalue weighted by Gasteiger charge is -2.32. The minimum absolute atomic E-state index is 0.0644. The fraction of sp³-hybridized carbons (Fsp3) is 0.500. The summed E-state index contributed by atoms with van der Waals surface area (Å²) in [7, 11) is 0. The van der Waals surface area contributed by atoms with Gasteiger partial charge in [0.25, 0.3) is 0 Å². The van der Waals surface area contributed by atoms with Crippen molar-refractivity contribution in [3.63, 3.8) is 0 Å². The van der Waals surface area contributed by atoms with Crippen LogP contribution >= 0.6 is 0 Å². The second-order valence-electron chi connectivity index (χ2n) is 6.58. The van der Waals surface area contributed by atoms with Gasteiger partial charge in [0.2, 0.25) is 5.89 Å². The standard InChI is InChI=1S/C18H23FN4O3/c1-12(11-25-16-7-3-6-15(19)9-16)20-18(24)23-8-4-5-14(10-23)17-21-13(2)22-26-17/h3,6-7,9,12,14H,4-5,8,10-11H2,1-2H3,(H,20,24)/t12-,14-/m0/s1. The predicted molar refractivity (Wildman–Crippen MR) is 92.5 cm³/mol. The molecule has 26 heavy (non-hydrogen) atoms. The van der Waals surface area contributed by atoms with Crippen molar-refractivity contribution in [2.24, 2.45) is 0 Å². The quantitative estimate of drug-likeness (QED) is 0.885. The van der Waals surface area contributed by atoms with E-state index in [0.29, 0.717) is 30.6 Å². The molecule has 7 nitrogen and oxygen atoms in total. The number of halogens is 1. The molecule has 0 aliphatic carbocycles. The van der Waals surface area contributed by atoms with Gasteiger partial charge < -0.3 is 19.5 Å². The molecule has 0 spiro atoms. The lowest BCUT2D eigenvalue weighted by molar-refractivity contribution is 0.164. The van der Waals surface area contributed by atoms with Gasteiger partial charge in [-0.2, -0.15) is 4.98 Å². The zero-order valence-electron chi connectivity index (χ0n) is 14.9. The van der Waals surface area contributed by atoms with Crippen LogP contribution < -0.4 is 10.1 Å². The zero-order valence-corrected chi connectivity index (χ0v) is 14.9. The van der Waals surface area contributed by atoms with Gasteiger partial charge in [0.1, 0.15) is 18.2 Å². The number of nitrogens with one attached hydrogen (secondary N) is 1. The number of benzene rings is 1. The normalized spacial score (nSPS) is 18.4. The first-order chi connectivity index (χ1) is 12.5. The summed E-state index contributed by atoms with van der Waals surface area (Å²) in [5.41, 5.74) is 0. The van der Waals surface area contributed by atoms with Crippen LogP contribution in [0, 0.1) is 12.7 Å². The van der Waals surface area contributed by atoms with Crippen LogP contribution in [0.4, 0.5) is 9.18 Å². The number of rotatable bonds is 5. The molecule has 1 aliphatic heterocycles. The second-order valence-corrected chi connectivity index (χ2v) is 6.58. The third kappa shape index (κ3) is 4.71. The fourth-order valence-corrected chi connectivity index (χ4v) is 2.96. The SMILES string of the molecule is Cc1noc([C@H]2CCCN(C(=O)N[C@@H](C)COc3cccc(F)c3)C2)n1. The van der Waals surface area contributed by atoms with Crippen molar-refractivity contribution < 1.29 is 18.4 Å². The molecule has 140 valence electrons. The van der Waals surface area contributed by atoms with E-state index >= 15 is 0 Å². The first-order valence-corrected chi connectivity index (χ1v) is 8.75. The number of carbonyl (C=O) groups is 1. The van der Waals surface area contributed by atoms with Crippen molar-refractivity contribution in [1.29, 1.82) is 0 Å². The molecule has 1 aromatic heterocycles. The monoisotopic (exact) mass is 362 g/mol. The molecular weight excluding hydrogens is 339 g/mol. The zero-order chi connectivity index (χ0) is 18.5. The molecule has 1 aromatic carbocycles. The van der Waals surface area contributed by atoms with Gasteiger partial charge in [0.15, 0.2) is 5.82 Å². The van der Waals surface area contributed by atoms with E-state index in [1.165, 1.54) is 12.1 Å². The number of aryl methyl sites for hydroxylation is 1. The highest BCUT2D eigenvalue weighted by molar-refractivity contribution is 5.74. The largest absolute Gasteiger partial charge is 0.491 e. The van der Waals surface area contributed by atoms with Gasteiger partial charge >= 0.3 is 6.03 Å². The number of piperidine rings is 1. The lowest BCUT2D eigenvalue weighted by atomic mass is 9.98. The molecular formula is C18H23FN4O3. The number of likely N-dealkylation sites (tertiary alicyclic amines) is 1. The molecule has 2 amide bonds. The second kappa shape index (κ2) is 8.16. The van der Waals surface area contributed by atoms with Crippen molar-refractivity contribution in [1.82, 2.24) is 20.4 Å². The average Bonchev–Trinajstić information content (AvgIpc) is 3.07. The molecule has 3 rings (SSSR count). The molecule has 1 fully saturated rings. The number of ether oxygens (including phenoxy) is 1. The summed E-state index contributed by atoms with van der Waals surface area (Å²) in [5, 5.41) is 6.73. The van der Waals surface area contributed by atoms with E-state index in [4.69, 9.17) is 9.26 Å². The van der Waals surface area contributed by atoms with Crippen molar-refractivity contribution in [2.75, 3.05) is 19.7 Å². The van der Waals surface area contributed by atoms with Gasteiger partial charge in [-0.15, -0.1) is 0 Å². The summed E-state index contributed by atoms with van der Waals surface area (Å²) in [6.45, 7) is 5.12. The first kappa shape index (κ1) is 18.2. The van der Waals surface area contributed by atoms with Crippen molar-refractivity contribution in [3.05, 3.63) is 41.8 Å². The third-order valence-corrected chi connectivity index (χ3v) is 4.27. The van der Waals surface area contributed by atoms with Crippen LogP contribution in [0.2, 0.25) is 0 Å². The Bertz CT molecular complexity index is 752. The number of urea groups is 1. The average molecular weight is 362 g/mol. The topological polar surface area (TPSA) is 80.5 Å². The molecule has 2 atom stereocenters. The van der Waals surface area contributed by atoms with Gasteiger partial charge in [-0.1, -0.05) is 11.2 Å². The lowest BCUT2D eigenvalue weighted by Crippen LogP contribution is -2.48. The van der Waals surface area contributed by atoms with E-state index in [1.807, 2.05) is 6.92 Å². The number of aromatic nitrogens is 2. The molecule has 0 radical (unpaired) electrons. The van der Waals surface area contributed by atoms with Crippen LogP contribution in [0.15, 0.2) is 28.8 Å². The Morgan fingerprint density at radius 1 is 1.54 bits per heavy atom. The van der Waals surface area contributed by atoms with Crippen molar-refractivity contribution in [3.8, 4) is 5.75 Å². The Kier molecular flexibility index (Phi) is 5.70. The van der Waals surface area contributed by atoms with Gasteiger partial charge in [-0.3, -0.25) is 0 Å². The maximum Gasteiger partial charge on any atom is 0.317 e. The van der Waals surface area contributed by atoms with Gasteiger partial charge in [0, 0.05) is 19.2 Å². The summed E-state index contributed by atoms with van der Waals surface area (Å²) in [5.74, 6) is 1.34. The van der Waals surface area contributed by atoms with E-state index < -0.39 is 0 Å². The summed E-state index contributed by atoms with van der Waals surface area (Å²) in [6, 6.07) is 5.57. The van der Waals surface area contributed by atoms with Crippen molar-refractivity contribution in [2.45, 2.75) is 38.6 Å². The molecule has 1 saturated heterocycles. The smallest absolute Gasteiger partial charge is 0.317 e. The number of hydrogen-bond acceptors (Lipinski definition) is 5. The fourth-order valence-electron chi connectivity index (χ4n) is 2.96. The summed E-state index contributed by atoms with van der Waals surface area (Å²) >= 11 is 0. The number of hydrogen-bond donors (Lipinski definition) is 1. The van der Waals surface area contributed by atoms with Crippen LogP contribution in [0.5, 0.6) is 5.75 Å². The van der Waals surface area contributed by atoms with E-state index in [2.05, 4.69) is 15.5 Å². The Labute approximate surface area is 151 Å². The Balaban J connectivity index is 1.49. The molecule has 0 bridgehead atoms. The minimum Gasteiger partial charge on any atom is -0.491 e. The van der Waals surface area contributed by atoms with Gasteiger partial charge in [-0.05, 0) is 38.8 Å². The van der Waals surface area contributed by atoms with Crippen LogP contribution in [-0.2, 0) is 0 Å². The van der Waals surface area contributed by atoms with E-state index in [1.54, 1.807) is 24.0 Å². The van der Waals surface area contributed by atoms with Crippen LogP contribution in [-0.4, -0.2) is 46.8 Å². The molecule has 1 N–H and O–H groups in total. The summed E-state index contributed by atoms with van der Waals surface area (Å²) in [4.78, 5) is 18.5. The van der Waals surface area contributed by atoms with Crippen LogP contribution in [0.1, 0.15) is 37.4 Å². The van der Waals surface area contributed by atoms with Gasteiger partial charge in [-0.25, -0.2) is 9.18 Å². The highest BCUT2D eigenvalue weighted by Crippen LogP contribution is 2.25. The van der Waals surface area contributed by atoms with E-state index in [0.717, 1.165) is 12.8 Å². The number of nitrogens with zero attached hydrogens (tertiary/aromatic N) is 3. The Hall–Kier alpha value is -2.64. The molecule has 2 heterocycles. The number of amides is 2. The van der Waals surface area contributed by atoms with Crippen LogP contribution in [0.3, 0.4) is 0 Å². The molecule has 8 heteroatoms. The Morgan fingerprint density at radius 2 is 2.38 bits per heavy atom. The minimum atomic E-state index is -0.352. The van der Waals surface area contributed by atoms with Crippen LogP contribution in [0.25, 0.3) is 0 Å². The third-order valence-electron chi connectivity index (χ3n) is 4.27. The highest BCUT2D eigenvalue weighted by Gasteiger charge is 2.28. The maximum atomic E-state index is 13.1. The predicted octanol–water partition coefficient (Wildman–Crippen LogP) is 2.87. The molecule has 0 saturated carbocycles. The van der Waals surface area contributed by atoms with Gasteiger partial charge in [0.05, 0.1) is 12.0 Å². The highest BCUT2D eigenvalue weighted by atomic mass is 19.1. The number of carbonyl (C=O) groups excluding carboxylic acids is 1. The van der Waals surface area contributed by atoms with E-state index in [9.17, 15) is 9.18 Å². The summed E-state index contributed by atoms with van der Waals surface area (Å²) in [6.07, 6.45) is 1.80. The Morgan fingerprint density at radius 3 is 3.12 bits per heavy atom. The summed E-state index contributed by atoms with van der Waals surface area (Å²) < 4.78 is 23.9. The molecule has 0 unspecified atom stereocenters. The molecule has 1 aliphatic rings. The van der Waals surface area contributed by atoms with E-state index in [-0.39, 0.29) is 30.4 Å². The first-order valence-electron chi connectivity index (χ1n) is 8.75. The molecule has 2 aromatic rings.